The summed E-state index contributed by atoms with van der Waals surface area (Å²) in [5.41, 5.74) is 5.32. The molecule has 0 amide bonds. The zero-order valence-corrected chi connectivity index (χ0v) is 21.0. The van der Waals surface area contributed by atoms with E-state index in [4.69, 9.17) is 9.72 Å². The van der Waals surface area contributed by atoms with Crippen LogP contribution in [0.5, 0.6) is 5.75 Å². The summed E-state index contributed by atoms with van der Waals surface area (Å²) in [5, 5.41) is 5.20. The van der Waals surface area contributed by atoms with Gasteiger partial charge < -0.3 is 19.9 Å². The van der Waals surface area contributed by atoms with Crippen LogP contribution >= 0.6 is 0 Å². The van der Waals surface area contributed by atoms with E-state index in [1.165, 1.54) is 86.8 Å². The normalized spacial score (nSPS) is 20.1. The third kappa shape index (κ3) is 5.14. The van der Waals surface area contributed by atoms with E-state index < -0.39 is 0 Å². The average Bonchev–Trinajstić information content (AvgIpc) is 3.50. The van der Waals surface area contributed by atoms with Crippen LogP contribution in [0.25, 0.3) is 10.9 Å². The number of pyridine rings is 1. The molecule has 5 rings (SSSR count). The van der Waals surface area contributed by atoms with Crippen LogP contribution in [-0.4, -0.2) is 66.2 Å². The Morgan fingerprint density at radius 1 is 1.03 bits per heavy atom. The number of anilines is 1. The maximum absolute atomic E-state index is 6.26. The topological polar surface area (TPSA) is 40.6 Å². The molecule has 5 nitrogen and oxygen atoms in total. The molecular formula is C28H42N4O. The molecule has 2 aromatic rings. The van der Waals surface area contributed by atoms with E-state index in [0.717, 1.165) is 43.1 Å². The van der Waals surface area contributed by atoms with E-state index >= 15 is 0 Å². The van der Waals surface area contributed by atoms with Gasteiger partial charge in [-0.3, -0.25) is 0 Å². The molecule has 33 heavy (non-hydrogen) atoms. The lowest BCUT2D eigenvalue weighted by molar-refractivity contribution is 0.177. The molecule has 1 aliphatic carbocycles. The maximum Gasteiger partial charge on any atom is 0.130 e. The third-order valence-electron chi connectivity index (χ3n) is 8.03. The molecule has 1 N–H and O–H groups in total. The highest BCUT2D eigenvalue weighted by Crippen LogP contribution is 2.37. The van der Waals surface area contributed by atoms with Crippen LogP contribution < -0.4 is 10.1 Å². The predicted octanol–water partition coefficient (Wildman–Crippen LogP) is 5.18. The first kappa shape index (κ1) is 22.9. The van der Waals surface area contributed by atoms with Gasteiger partial charge in [0.2, 0.25) is 0 Å². The van der Waals surface area contributed by atoms with Gasteiger partial charge in [-0.25, -0.2) is 4.98 Å². The lowest BCUT2D eigenvalue weighted by Gasteiger charge is -2.35. The van der Waals surface area contributed by atoms with Gasteiger partial charge in [0.15, 0.2) is 0 Å². The smallest absolute Gasteiger partial charge is 0.130 e. The largest absolute Gasteiger partial charge is 0.493 e. The number of hydrogen-bond acceptors (Lipinski definition) is 5. The fraction of sp³-hybridized carbons (Fsp3) is 0.679. The van der Waals surface area contributed by atoms with Crippen molar-refractivity contribution >= 4 is 16.7 Å². The Bertz CT molecular complexity index is 958. The number of nitrogens with one attached hydrogen (secondary N) is 1. The molecule has 0 saturated carbocycles. The summed E-state index contributed by atoms with van der Waals surface area (Å²) in [6.45, 7) is 13.6. The molecule has 3 heterocycles. The van der Waals surface area contributed by atoms with Gasteiger partial charge in [-0.05, 0) is 108 Å². The van der Waals surface area contributed by atoms with Gasteiger partial charge in [0.25, 0.3) is 0 Å². The minimum absolute atomic E-state index is 0.529. The predicted molar refractivity (Wildman–Crippen MR) is 138 cm³/mol. The number of aryl methyl sites for hydroxylation is 2. The molecule has 1 aromatic heterocycles. The number of benzene rings is 1. The molecule has 2 saturated heterocycles. The van der Waals surface area contributed by atoms with Crippen molar-refractivity contribution in [2.24, 2.45) is 0 Å². The molecule has 0 atom stereocenters. The van der Waals surface area contributed by atoms with Crippen molar-refractivity contribution in [3.05, 3.63) is 28.8 Å². The number of rotatable bonds is 8. The fourth-order valence-corrected chi connectivity index (χ4v) is 6.01. The Hall–Kier alpha value is -1.85. The Labute approximate surface area is 199 Å². The summed E-state index contributed by atoms with van der Waals surface area (Å²) < 4.78 is 6.26. The van der Waals surface area contributed by atoms with Crippen molar-refractivity contribution in [3.63, 3.8) is 0 Å². The van der Waals surface area contributed by atoms with Crippen LogP contribution in [0.1, 0.15) is 69.1 Å². The minimum atomic E-state index is 0.529. The molecule has 0 radical (unpaired) electrons. The molecule has 2 fully saturated rings. The lowest BCUT2D eigenvalue weighted by atomic mass is 10.0. The van der Waals surface area contributed by atoms with Crippen molar-refractivity contribution in [2.75, 3.05) is 44.6 Å². The molecule has 0 bridgehead atoms. The van der Waals surface area contributed by atoms with Gasteiger partial charge in [0.1, 0.15) is 11.6 Å². The van der Waals surface area contributed by atoms with Crippen LogP contribution in [0.2, 0.25) is 0 Å². The van der Waals surface area contributed by atoms with Gasteiger partial charge in [0.05, 0.1) is 12.1 Å². The van der Waals surface area contributed by atoms with Crippen molar-refractivity contribution < 1.29 is 4.74 Å². The summed E-state index contributed by atoms with van der Waals surface area (Å²) in [5.74, 6) is 2.15. The van der Waals surface area contributed by atoms with Crippen LogP contribution in [0, 0.1) is 6.92 Å². The summed E-state index contributed by atoms with van der Waals surface area (Å²) in [6.07, 6.45) is 9.77. The van der Waals surface area contributed by atoms with Crippen molar-refractivity contribution in [1.82, 2.24) is 14.8 Å². The Morgan fingerprint density at radius 3 is 2.55 bits per heavy atom. The lowest BCUT2D eigenvalue weighted by Crippen LogP contribution is -2.42. The Morgan fingerprint density at radius 2 is 1.79 bits per heavy atom. The van der Waals surface area contributed by atoms with Gasteiger partial charge in [-0.15, -0.1) is 0 Å². The van der Waals surface area contributed by atoms with Gasteiger partial charge in [-0.1, -0.05) is 0 Å². The van der Waals surface area contributed by atoms with E-state index in [2.05, 4.69) is 48.0 Å². The van der Waals surface area contributed by atoms with Gasteiger partial charge in [-0.2, -0.15) is 0 Å². The summed E-state index contributed by atoms with van der Waals surface area (Å²) in [4.78, 5) is 10.3. The number of nitrogens with zero attached hydrogens (tertiary/aromatic N) is 3. The van der Waals surface area contributed by atoms with Crippen LogP contribution in [0.3, 0.4) is 0 Å². The first-order chi connectivity index (χ1) is 16.1. The van der Waals surface area contributed by atoms with Gasteiger partial charge >= 0.3 is 0 Å². The third-order valence-corrected chi connectivity index (χ3v) is 8.03. The molecule has 2 aliphatic heterocycles. The SMILES string of the molecule is Cc1cc2c3c(c(NC4CCN(C(C)C)CC4)nc2cc1OCCCN1CCCC1)CCC3. The standard InChI is InChI=1S/C28H42N4O/c1-20(2)32-15-10-22(11-16-32)29-28-24-9-6-8-23(24)25-18-21(3)27(19-26(25)30-28)33-17-7-14-31-12-4-5-13-31/h18-20,22H,4-17H2,1-3H3,(H,29,30). The first-order valence-electron chi connectivity index (χ1n) is 13.4. The zero-order valence-electron chi connectivity index (χ0n) is 21.0. The van der Waals surface area contributed by atoms with E-state index in [-0.39, 0.29) is 0 Å². The van der Waals surface area contributed by atoms with E-state index in [1.807, 2.05) is 0 Å². The Balaban J connectivity index is 1.30. The maximum atomic E-state index is 6.26. The molecule has 5 heteroatoms. The highest BCUT2D eigenvalue weighted by Gasteiger charge is 2.25. The molecule has 180 valence electrons. The molecular weight excluding hydrogens is 408 g/mol. The fourth-order valence-electron chi connectivity index (χ4n) is 6.01. The monoisotopic (exact) mass is 450 g/mol. The number of piperidine rings is 1. The summed E-state index contributed by atoms with van der Waals surface area (Å²) >= 11 is 0. The number of ether oxygens (including phenoxy) is 1. The number of hydrogen-bond donors (Lipinski definition) is 1. The first-order valence-corrected chi connectivity index (χ1v) is 13.4. The molecule has 3 aliphatic rings. The highest BCUT2D eigenvalue weighted by molar-refractivity contribution is 5.88. The highest BCUT2D eigenvalue weighted by atomic mass is 16.5. The van der Waals surface area contributed by atoms with Crippen molar-refractivity contribution in [3.8, 4) is 5.75 Å². The van der Waals surface area contributed by atoms with Crippen LogP contribution in [0.15, 0.2) is 12.1 Å². The quantitative estimate of drug-likeness (QED) is 0.561. The Kier molecular flexibility index (Phi) is 7.07. The second-order valence-electron chi connectivity index (χ2n) is 10.7. The van der Waals surface area contributed by atoms with Crippen LogP contribution in [0.4, 0.5) is 5.82 Å². The molecule has 0 unspecified atom stereocenters. The van der Waals surface area contributed by atoms with Crippen molar-refractivity contribution in [2.45, 2.75) is 84.2 Å². The summed E-state index contributed by atoms with van der Waals surface area (Å²) in [6, 6.07) is 5.70. The molecule has 0 spiro atoms. The van der Waals surface area contributed by atoms with Gasteiger partial charge in [0, 0.05) is 43.2 Å². The summed E-state index contributed by atoms with van der Waals surface area (Å²) in [7, 11) is 0. The van der Waals surface area contributed by atoms with E-state index in [1.54, 1.807) is 0 Å². The molecule has 1 aromatic carbocycles. The van der Waals surface area contributed by atoms with Crippen molar-refractivity contribution in [1.29, 1.82) is 0 Å². The van der Waals surface area contributed by atoms with Crippen LogP contribution in [-0.2, 0) is 12.8 Å². The second-order valence-corrected chi connectivity index (χ2v) is 10.7. The number of fused-ring (bicyclic) bond motifs is 3. The van der Waals surface area contributed by atoms with E-state index in [0.29, 0.717) is 12.1 Å². The second kappa shape index (κ2) is 10.2. The minimum Gasteiger partial charge on any atom is -0.493 e. The number of likely N-dealkylation sites (tertiary alicyclic amines) is 2. The average molecular weight is 451 g/mol. The zero-order chi connectivity index (χ0) is 22.8. The van der Waals surface area contributed by atoms with E-state index in [9.17, 15) is 0 Å². The number of aromatic nitrogens is 1.